The average Bonchev–Trinajstić information content (AvgIpc) is 2.50. The lowest BCUT2D eigenvalue weighted by molar-refractivity contribution is -0.131. The van der Waals surface area contributed by atoms with E-state index in [2.05, 4.69) is 32.9 Å². The number of aliphatic carboxylic acids is 1. The van der Waals surface area contributed by atoms with Gasteiger partial charge in [0.2, 0.25) is 0 Å². The van der Waals surface area contributed by atoms with Crippen LogP contribution in [0.5, 0.6) is 0 Å². The van der Waals surface area contributed by atoms with Gasteiger partial charge in [-0.05, 0) is 50.2 Å². The van der Waals surface area contributed by atoms with E-state index < -0.39 is 5.97 Å². The van der Waals surface area contributed by atoms with Crippen LogP contribution in [-0.4, -0.2) is 24.3 Å². The van der Waals surface area contributed by atoms with Crippen LogP contribution in [0.2, 0.25) is 0 Å². The van der Waals surface area contributed by atoms with Gasteiger partial charge in [0, 0.05) is 13.2 Å². The first-order chi connectivity index (χ1) is 11.3. The highest BCUT2D eigenvalue weighted by atomic mass is 16.5. The SMILES string of the molecule is COC1CC(C)=C(/C=C/C(C)=C/C=C/C(C)=C/C(=O)O)C(C)C1C. The van der Waals surface area contributed by atoms with Gasteiger partial charge in [-0.25, -0.2) is 4.79 Å². The van der Waals surface area contributed by atoms with Crippen molar-refractivity contribution in [3.05, 3.63) is 58.7 Å². The number of rotatable bonds is 6. The molecule has 0 spiro atoms. The van der Waals surface area contributed by atoms with Crippen LogP contribution in [0.3, 0.4) is 0 Å². The molecule has 1 rings (SSSR count). The molecule has 0 amide bonds. The molecule has 0 aliphatic heterocycles. The van der Waals surface area contributed by atoms with Gasteiger partial charge in [0.1, 0.15) is 0 Å². The topological polar surface area (TPSA) is 46.5 Å². The van der Waals surface area contributed by atoms with Gasteiger partial charge in [0.25, 0.3) is 0 Å². The summed E-state index contributed by atoms with van der Waals surface area (Å²) in [7, 11) is 1.79. The molecule has 0 bridgehead atoms. The maximum atomic E-state index is 10.6. The minimum atomic E-state index is -0.921. The molecule has 0 aromatic rings. The third kappa shape index (κ3) is 5.97. The van der Waals surface area contributed by atoms with Crippen LogP contribution in [0.4, 0.5) is 0 Å². The monoisotopic (exact) mass is 330 g/mol. The summed E-state index contributed by atoms with van der Waals surface area (Å²) in [4.78, 5) is 10.6. The number of carboxylic acid groups (broad SMARTS) is 1. The van der Waals surface area contributed by atoms with E-state index in [-0.39, 0.29) is 0 Å². The Kier molecular flexibility index (Phi) is 7.93. The summed E-state index contributed by atoms with van der Waals surface area (Å²) in [5.74, 6) is 0.0605. The Morgan fingerprint density at radius 1 is 1.21 bits per heavy atom. The third-order valence-electron chi connectivity index (χ3n) is 4.76. The first-order valence-corrected chi connectivity index (χ1v) is 8.43. The van der Waals surface area contributed by atoms with Crippen LogP contribution in [-0.2, 0) is 9.53 Å². The van der Waals surface area contributed by atoms with Crippen molar-refractivity contribution in [3.63, 3.8) is 0 Å². The van der Waals surface area contributed by atoms with E-state index in [1.165, 1.54) is 17.2 Å². The molecule has 0 fully saturated rings. The van der Waals surface area contributed by atoms with Crippen molar-refractivity contribution in [2.24, 2.45) is 11.8 Å². The summed E-state index contributed by atoms with van der Waals surface area (Å²) in [6.07, 6.45) is 12.5. The zero-order chi connectivity index (χ0) is 18.3. The maximum Gasteiger partial charge on any atom is 0.328 e. The minimum Gasteiger partial charge on any atom is -0.478 e. The van der Waals surface area contributed by atoms with Gasteiger partial charge in [0.05, 0.1) is 6.10 Å². The molecular formula is C21H30O3. The Morgan fingerprint density at radius 3 is 2.46 bits per heavy atom. The molecular weight excluding hydrogens is 300 g/mol. The highest BCUT2D eigenvalue weighted by Gasteiger charge is 2.30. The second-order valence-corrected chi connectivity index (χ2v) is 6.69. The summed E-state index contributed by atoms with van der Waals surface area (Å²) < 4.78 is 5.60. The summed E-state index contributed by atoms with van der Waals surface area (Å²) in [6.45, 7) is 10.5. The molecule has 132 valence electrons. The second kappa shape index (κ2) is 9.43. The number of hydrogen-bond donors (Lipinski definition) is 1. The van der Waals surface area contributed by atoms with Crippen molar-refractivity contribution < 1.29 is 14.6 Å². The lowest BCUT2D eigenvalue weighted by Gasteiger charge is -2.35. The summed E-state index contributed by atoms with van der Waals surface area (Å²) in [5.41, 5.74) is 4.64. The van der Waals surface area contributed by atoms with Crippen molar-refractivity contribution in [2.45, 2.75) is 47.1 Å². The molecule has 1 aliphatic carbocycles. The highest BCUT2D eigenvalue weighted by molar-refractivity contribution is 5.81. The first kappa shape index (κ1) is 20.2. The standard InChI is InChI=1S/C21H30O3/c1-14(8-7-9-15(2)12-21(22)23)10-11-19-16(3)13-20(24-6)18(5)17(19)4/h7-12,17-18,20H,13H2,1-6H3,(H,22,23)/b9-7+,11-10+,14-8+,15-12+. The molecule has 0 aromatic carbocycles. The first-order valence-electron chi connectivity index (χ1n) is 8.43. The zero-order valence-corrected chi connectivity index (χ0v) is 15.7. The largest absolute Gasteiger partial charge is 0.478 e. The van der Waals surface area contributed by atoms with E-state index in [0.29, 0.717) is 17.9 Å². The number of methoxy groups -OCH3 is 1. The summed E-state index contributed by atoms with van der Waals surface area (Å²) >= 11 is 0. The molecule has 0 saturated carbocycles. The van der Waals surface area contributed by atoms with Crippen LogP contribution < -0.4 is 0 Å². The summed E-state index contributed by atoms with van der Waals surface area (Å²) in [5, 5.41) is 8.68. The van der Waals surface area contributed by atoms with Gasteiger partial charge in [-0.1, -0.05) is 55.4 Å². The number of ether oxygens (including phenoxy) is 1. The van der Waals surface area contributed by atoms with Gasteiger partial charge in [0.15, 0.2) is 0 Å². The minimum absolute atomic E-state index is 0.306. The van der Waals surface area contributed by atoms with Gasteiger partial charge < -0.3 is 9.84 Å². The molecule has 1 aliphatic rings. The van der Waals surface area contributed by atoms with Gasteiger partial charge >= 0.3 is 5.97 Å². The summed E-state index contributed by atoms with van der Waals surface area (Å²) in [6, 6.07) is 0. The lowest BCUT2D eigenvalue weighted by atomic mass is 9.75. The predicted molar refractivity (Wildman–Crippen MR) is 99.9 cm³/mol. The molecule has 24 heavy (non-hydrogen) atoms. The van der Waals surface area contributed by atoms with E-state index in [1.807, 2.05) is 19.1 Å². The quantitative estimate of drug-likeness (QED) is 0.545. The number of carbonyl (C=O) groups is 1. The molecule has 3 atom stereocenters. The second-order valence-electron chi connectivity index (χ2n) is 6.69. The van der Waals surface area contributed by atoms with E-state index in [1.54, 1.807) is 20.1 Å². The Bertz CT molecular complexity index is 603. The fourth-order valence-corrected chi connectivity index (χ4v) is 3.06. The normalized spacial score (nSPS) is 26.7. The van der Waals surface area contributed by atoms with Crippen LogP contribution >= 0.6 is 0 Å². The third-order valence-corrected chi connectivity index (χ3v) is 4.76. The smallest absolute Gasteiger partial charge is 0.328 e. The fraction of sp³-hybridized carbons (Fsp3) is 0.476. The molecule has 3 heteroatoms. The lowest BCUT2D eigenvalue weighted by Crippen LogP contribution is -2.31. The van der Waals surface area contributed by atoms with Crippen molar-refractivity contribution >= 4 is 5.97 Å². The fourth-order valence-electron chi connectivity index (χ4n) is 3.06. The maximum absolute atomic E-state index is 10.6. The van der Waals surface area contributed by atoms with Crippen LogP contribution in [0.15, 0.2) is 58.7 Å². The zero-order valence-electron chi connectivity index (χ0n) is 15.7. The average molecular weight is 330 g/mol. The van der Waals surface area contributed by atoms with E-state index in [0.717, 1.165) is 17.6 Å². The van der Waals surface area contributed by atoms with Crippen molar-refractivity contribution in [1.82, 2.24) is 0 Å². The molecule has 0 radical (unpaired) electrons. The van der Waals surface area contributed by atoms with Gasteiger partial charge in [-0.2, -0.15) is 0 Å². The Labute approximate surface area is 146 Å². The highest BCUT2D eigenvalue weighted by Crippen LogP contribution is 2.36. The predicted octanol–water partition coefficient (Wildman–Crippen LogP) is 5.08. The van der Waals surface area contributed by atoms with E-state index >= 15 is 0 Å². The van der Waals surface area contributed by atoms with E-state index in [9.17, 15) is 4.79 Å². The Balaban J connectivity index is 2.82. The van der Waals surface area contributed by atoms with Crippen LogP contribution in [0, 0.1) is 11.8 Å². The van der Waals surface area contributed by atoms with Crippen molar-refractivity contribution in [1.29, 1.82) is 0 Å². The number of carboxylic acids is 1. The Morgan fingerprint density at radius 2 is 1.88 bits per heavy atom. The van der Waals surface area contributed by atoms with Crippen molar-refractivity contribution in [3.8, 4) is 0 Å². The number of allylic oxidation sites excluding steroid dienone is 8. The molecule has 3 nitrogen and oxygen atoms in total. The van der Waals surface area contributed by atoms with Crippen LogP contribution in [0.25, 0.3) is 0 Å². The molecule has 1 N–H and O–H groups in total. The number of hydrogen-bond acceptors (Lipinski definition) is 2. The van der Waals surface area contributed by atoms with E-state index in [4.69, 9.17) is 9.84 Å². The van der Waals surface area contributed by atoms with Gasteiger partial charge in [-0.15, -0.1) is 0 Å². The Hall–Kier alpha value is -1.87. The van der Waals surface area contributed by atoms with Gasteiger partial charge in [-0.3, -0.25) is 0 Å². The molecule has 3 unspecified atom stereocenters. The molecule has 0 aromatic heterocycles. The van der Waals surface area contributed by atoms with Crippen LogP contribution in [0.1, 0.15) is 41.0 Å². The van der Waals surface area contributed by atoms with Crippen molar-refractivity contribution in [2.75, 3.05) is 7.11 Å². The molecule has 0 saturated heterocycles. The molecule has 0 heterocycles.